The van der Waals surface area contributed by atoms with E-state index in [0.29, 0.717) is 5.82 Å². The molecule has 1 aromatic heterocycles. The van der Waals surface area contributed by atoms with Crippen LogP contribution in [0.1, 0.15) is 19.4 Å². The lowest BCUT2D eigenvalue weighted by Gasteiger charge is -2.28. The molecule has 0 N–H and O–H groups in total. The van der Waals surface area contributed by atoms with Gasteiger partial charge in [-0.3, -0.25) is 0 Å². The molecule has 3 rings (SSSR count). The average Bonchev–Trinajstić information content (AvgIpc) is 3.04. The van der Waals surface area contributed by atoms with Gasteiger partial charge in [0.15, 0.2) is 0 Å². The summed E-state index contributed by atoms with van der Waals surface area (Å²) >= 11 is 0. The number of aryl methyl sites for hydroxylation is 1. The lowest BCUT2D eigenvalue weighted by atomic mass is 10.2. The molecule has 0 aliphatic carbocycles. The molecule has 6 heteroatoms. The number of nitrogens with zero attached hydrogens (tertiary/aromatic N) is 3. The summed E-state index contributed by atoms with van der Waals surface area (Å²) in [6, 6.07) is 17.9. The van der Waals surface area contributed by atoms with E-state index < -0.39 is 10.0 Å². The first-order chi connectivity index (χ1) is 11.9. The van der Waals surface area contributed by atoms with Gasteiger partial charge in [0.2, 0.25) is 0 Å². The van der Waals surface area contributed by atoms with E-state index in [4.69, 9.17) is 0 Å². The van der Waals surface area contributed by atoms with Crippen LogP contribution in [-0.4, -0.2) is 24.2 Å². The van der Waals surface area contributed by atoms with Crippen molar-refractivity contribution in [2.45, 2.75) is 31.7 Å². The molecule has 0 atom stereocenters. The Hall–Kier alpha value is -2.60. The normalized spacial score (nSPS) is 11.7. The fraction of sp³-hybridized carbons (Fsp3) is 0.211. The molecule has 0 aliphatic rings. The maximum atomic E-state index is 13.3. The largest absolute Gasteiger partial charge is 0.265 e. The Balaban J connectivity index is 2.12. The number of anilines is 1. The van der Waals surface area contributed by atoms with Crippen molar-refractivity contribution in [2.24, 2.45) is 0 Å². The molecule has 0 amide bonds. The van der Waals surface area contributed by atoms with E-state index in [-0.39, 0.29) is 10.9 Å². The topological polar surface area (TPSA) is 55.2 Å². The van der Waals surface area contributed by atoms with Gasteiger partial charge in [-0.1, -0.05) is 35.9 Å². The molecule has 0 saturated carbocycles. The lowest BCUT2D eigenvalue weighted by Crippen LogP contribution is -2.38. The molecule has 3 aromatic rings. The van der Waals surface area contributed by atoms with Crippen molar-refractivity contribution in [2.75, 3.05) is 4.31 Å². The second kappa shape index (κ2) is 6.72. The summed E-state index contributed by atoms with van der Waals surface area (Å²) in [6.45, 7) is 5.64. The third kappa shape index (κ3) is 3.30. The van der Waals surface area contributed by atoms with E-state index in [9.17, 15) is 8.42 Å². The van der Waals surface area contributed by atoms with Crippen LogP contribution in [0.15, 0.2) is 71.8 Å². The lowest BCUT2D eigenvalue weighted by molar-refractivity contribution is 0.582. The quantitative estimate of drug-likeness (QED) is 0.700. The van der Waals surface area contributed by atoms with E-state index >= 15 is 0 Å². The molecule has 130 valence electrons. The third-order valence-corrected chi connectivity index (χ3v) is 5.89. The van der Waals surface area contributed by atoms with Gasteiger partial charge in [-0.05, 0) is 45.0 Å². The fourth-order valence-corrected chi connectivity index (χ4v) is 4.37. The van der Waals surface area contributed by atoms with Gasteiger partial charge < -0.3 is 0 Å². The van der Waals surface area contributed by atoms with Crippen LogP contribution in [0.2, 0.25) is 0 Å². The maximum Gasteiger partial charge on any atom is 0.265 e. The zero-order chi connectivity index (χ0) is 18.0. The van der Waals surface area contributed by atoms with Gasteiger partial charge >= 0.3 is 0 Å². The maximum absolute atomic E-state index is 13.3. The monoisotopic (exact) mass is 355 g/mol. The number of sulfonamides is 1. The fourth-order valence-electron chi connectivity index (χ4n) is 2.72. The number of benzene rings is 2. The van der Waals surface area contributed by atoms with E-state index in [2.05, 4.69) is 5.10 Å². The van der Waals surface area contributed by atoms with Crippen LogP contribution in [0, 0.1) is 6.92 Å². The SMILES string of the molecule is Cc1ccc(S(=O)(=O)N(c2ccnn2-c2ccccc2)C(C)C)cc1. The number of aromatic nitrogens is 2. The van der Waals surface area contributed by atoms with Crippen molar-refractivity contribution in [1.29, 1.82) is 0 Å². The van der Waals surface area contributed by atoms with E-state index in [1.807, 2.05) is 51.1 Å². The van der Waals surface area contributed by atoms with Gasteiger partial charge in [-0.25, -0.2) is 17.4 Å². The number of hydrogen-bond donors (Lipinski definition) is 0. The molecule has 0 radical (unpaired) electrons. The van der Waals surface area contributed by atoms with Crippen LogP contribution in [0.3, 0.4) is 0 Å². The Kier molecular flexibility index (Phi) is 4.63. The van der Waals surface area contributed by atoms with Crippen LogP contribution in [0.5, 0.6) is 0 Å². The first-order valence-electron chi connectivity index (χ1n) is 8.12. The molecule has 0 spiro atoms. The summed E-state index contributed by atoms with van der Waals surface area (Å²) in [7, 11) is -3.70. The van der Waals surface area contributed by atoms with Crippen molar-refractivity contribution < 1.29 is 8.42 Å². The second-order valence-electron chi connectivity index (χ2n) is 6.14. The standard InChI is InChI=1S/C19H21N3O2S/c1-15(2)22(25(23,24)18-11-9-16(3)10-12-18)19-13-14-20-21(19)17-7-5-4-6-8-17/h4-15H,1-3H3. The second-order valence-corrected chi connectivity index (χ2v) is 7.96. The highest BCUT2D eigenvalue weighted by atomic mass is 32.2. The predicted octanol–water partition coefficient (Wildman–Crippen LogP) is 3.78. The number of para-hydroxylation sites is 1. The molecule has 0 aliphatic heterocycles. The van der Waals surface area contributed by atoms with Crippen molar-refractivity contribution in [3.8, 4) is 5.69 Å². The van der Waals surface area contributed by atoms with Crippen molar-refractivity contribution in [3.05, 3.63) is 72.4 Å². The molecule has 5 nitrogen and oxygen atoms in total. The minimum Gasteiger partial charge on any atom is -0.247 e. The molecule has 0 fully saturated rings. The molecule has 0 bridgehead atoms. The molecule has 0 unspecified atom stereocenters. The molecule has 2 aromatic carbocycles. The Morgan fingerprint density at radius 1 is 0.960 bits per heavy atom. The third-order valence-electron chi connectivity index (χ3n) is 3.90. The first kappa shape index (κ1) is 17.2. The Morgan fingerprint density at radius 2 is 1.60 bits per heavy atom. The zero-order valence-electron chi connectivity index (χ0n) is 14.5. The van der Waals surface area contributed by atoms with Gasteiger partial charge in [0, 0.05) is 12.1 Å². The molecule has 1 heterocycles. The minimum absolute atomic E-state index is 0.259. The Bertz CT molecular complexity index is 946. The molecular formula is C19H21N3O2S. The molecule has 25 heavy (non-hydrogen) atoms. The van der Waals surface area contributed by atoms with Crippen molar-refractivity contribution in [3.63, 3.8) is 0 Å². The van der Waals surface area contributed by atoms with Crippen molar-refractivity contribution in [1.82, 2.24) is 9.78 Å². The molecule has 0 saturated heterocycles. The highest BCUT2D eigenvalue weighted by Gasteiger charge is 2.30. The minimum atomic E-state index is -3.70. The summed E-state index contributed by atoms with van der Waals surface area (Å²) in [5.41, 5.74) is 1.83. The van der Waals surface area contributed by atoms with Gasteiger partial charge in [-0.2, -0.15) is 5.10 Å². The van der Waals surface area contributed by atoms with Crippen LogP contribution in [-0.2, 0) is 10.0 Å². The van der Waals surface area contributed by atoms with Crippen LogP contribution >= 0.6 is 0 Å². The van der Waals surface area contributed by atoms with Crippen molar-refractivity contribution >= 4 is 15.8 Å². The Labute approximate surface area is 148 Å². The zero-order valence-corrected chi connectivity index (χ0v) is 15.3. The summed E-state index contributed by atoms with van der Waals surface area (Å²) in [5, 5.41) is 4.32. The highest BCUT2D eigenvalue weighted by molar-refractivity contribution is 7.92. The summed E-state index contributed by atoms with van der Waals surface area (Å²) in [5.74, 6) is 0.516. The van der Waals surface area contributed by atoms with E-state index in [1.165, 1.54) is 4.31 Å². The van der Waals surface area contributed by atoms with E-state index in [0.717, 1.165) is 11.3 Å². The predicted molar refractivity (Wildman–Crippen MR) is 99.5 cm³/mol. The number of rotatable bonds is 5. The molecular weight excluding hydrogens is 334 g/mol. The highest BCUT2D eigenvalue weighted by Crippen LogP contribution is 2.28. The number of hydrogen-bond acceptors (Lipinski definition) is 3. The Morgan fingerprint density at radius 3 is 2.20 bits per heavy atom. The van der Waals surface area contributed by atoms with Gasteiger partial charge in [0.1, 0.15) is 5.82 Å². The van der Waals surface area contributed by atoms with Gasteiger partial charge in [0.25, 0.3) is 10.0 Å². The van der Waals surface area contributed by atoms with Crippen LogP contribution in [0.25, 0.3) is 5.69 Å². The summed E-state index contributed by atoms with van der Waals surface area (Å²) in [4.78, 5) is 0.271. The van der Waals surface area contributed by atoms with Crippen LogP contribution < -0.4 is 4.31 Å². The first-order valence-corrected chi connectivity index (χ1v) is 9.56. The van der Waals surface area contributed by atoms with E-state index in [1.54, 1.807) is 41.2 Å². The van der Waals surface area contributed by atoms with Crippen LogP contribution in [0.4, 0.5) is 5.82 Å². The van der Waals surface area contributed by atoms with Gasteiger partial charge in [0.05, 0.1) is 16.8 Å². The smallest absolute Gasteiger partial charge is 0.247 e. The van der Waals surface area contributed by atoms with Gasteiger partial charge in [-0.15, -0.1) is 0 Å². The summed E-state index contributed by atoms with van der Waals surface area (Å²) in [6.07, 6.45) is 1.61. The summed E-state index contributed by atoms with van der Waals surface area (Å²) < 4.78 is 29.6. The average molecular weight is 355 g/mol.